The molecule has 78 valence electrons. The summed E-state index contributed by atoms with van der Waals surface area (Å²) in [5.41, 5.74) is 7.22. The molecule has 1 nitrogen and oxygen atoms in total. The number of hydrogen-bond acceptors (Lipinski definition) is 1. The van der Waals surface area contributed by atoms with Crippen molar-refractivity contribution in [2.45, 2.75) is 26.7 Å². The molecule has 1 aromatic carbocycles. The minimum Gasteiger partial charge on any atom is -0.330 e. The summed E-state index contributed by atoms with van der Waals surface area (Å²) in [5.74, 6) is 0.367. The number of rotatable bonds is 4. The number of aryl methyl sites for hydroxylation is 1. The van der Waals surface area contributed by atoms with E-state index < -0.39 is 0 Å². The van der Waals surface area contributed by atoms with Gasteiger partial charge in [0.1, 0.15) is 5.82 Å². The topological polar surface area (TPSA) is 26.0 Å². The van der Waals surface area contributed by atoms with Gasteiger partial charge in [-0.1, -0.05) is 19.1 Å². The Hall–Kier alpha value is -0.890. The van der Waals surface area contributed by atoms with Crippen molar-refractivity contribution in [1.82, 2.24) is 0 Å². The molecule has 14 heavy (non-hydrogen) atoms. The van der Waals surface area contributed by atoms with Crippen LogP contribution in [-0.4, -0.2) is 6.54 Å². The zero-order chi connectivity index (χ0) is 10.6. The van der Waals surface area contributed by atoms with Crippen molar-refractivity contribution in [3.8, 4) is 0 Å². The Morgan fingerprint density at radius 2 is 2.14 bits per heavy atom. The van der Waals surface area contributed by atoms with Gasteiger partial charge in [0.15, 0.2) is 0 Å². The first-order valence-corrected chi connectivity index (χ1v) is 5.08. The van der Waals surface area contributed by atoms with Gasteiger partial charge in [0.05, 0.1) is 0 Å². The summed E-state index contributed by atoms with van der Waals surface area (Å²) < 4.78 is 13.4. The van der Waals surface area contributed by atoms with Crippen LogP contribution in [0, 0.1) is 18.7 Å². The highest BCUT2D eigenvalue weighted by molar-refractivity contribution is 5.23. The number of benzene rings is 1. The monoisotopic (exact) mass is 195 g/mol. The molecule has 0 aliphatic rings. The fourth-order valence-corrected chi connectivity index (χ4v) is 1.58. The second-order valence-electron chi connectivity index (χ2n) is 3.98. The molecule has 2 N–H and O–H groups in total. The third-order valence-electron chi connectivity index (χ3n) is 2.44. The molecule has 0 aromatic heterocycles. The van der Waals surface area contributed by atoms with Gasteiger partial charge < -0.3 is 5.73 Å². The lowest BCUT2D eigenvalue weighted by atomic mass is 9.97. The van der Waals surface area contributed by atoms with E-state index >= 15 is 0 Å². The van der Waals surface area contributed by atoms with Crippen LogP contribution >= 0.6 is 0 Å². The Kier molecular flexibility index (Phi) is 4.08. The largest absolute Gasteiger partial charge is 0.330 e. The molecule has 1 unspecified atom stereocenters. The normalized spacial score (nSPS) is 12.9. The Morgan fingerprint density at radius 3 is 2.71 bits per heavy atom. The highest BCUT2D eigenvalue weighted by Crippen LogP contribution is 2.15. The van der Waals surface area contributed by atoms with Crippen molar-refractivity contribution < 1.29 is 4.39 Å². The molecule has 0 spiro atoms. The zero-order valence-electron chi connectivity index (χ0n) is 8.89. The molecular formula is C12H18FN. The second-order valence-corrected chi connectivity index (χ2v) is 3.98. The van der Waals surface area contributed by atoms with Crippen molar-refractivity contribution in [2.24, 2.45) is 11.7 Å². The summed E-state index contributed by atoms with van der Waals surface area (Å²) in [5, 5.41) is 0. The van der Waals surface area contributed by atoms with Crippen LogP contribution in [0.5, 0.6) is 0 Å². The van der Waals surface area contributed by atoms with Crippen LogP contribution in [0.2, 0.25) is 0 Å². The molecule has 0 aliphatic carbocycles. The number of hydrogen-bond donors (Lipinski definition) is 1. The molecule has 1 rings (SSSR count). The molecular weight excluding hydrogens is 177 g/mol. The summed E-state index contributed by atoms with van der Waals surface area (Å²) >= 11 is 0. The van der Waals surface area contributed by atoms with Gasteiger partial charge >= 0.3 is 0 Å². The van der Waals surface area contributed by atoms with E-state index in [1.54, 1.807) is 6.07 Å². The fraction of sp³-hybridized carbons (Fsp3) is 0.500. The molecule has 0 heterocycles. The standard InChI is InChI=1S/C12H18FN/c1-9-3-4-11(12(13)8-9)7-10(2)5-6-14/h3-4,8,10H,5-7,14H2,1-2H3. The fourth-order valence-electron chi connectivity index (χ4n) is 1.58. The van der Waals surface area contributed by atoms with E-state index in [2.05, 4.69) is 6.92 Å². The maximum atomic E-state index is 13.4. The van der Waals surface area contributed by atoms with Crippen molar-refractivity contribution in [2.75, 3.05) is 6.54 Å². The van der Waals surface area contributed by atoms with Gasteiger partial charge in [-0.05, 0) is 49.4 Å². The van der Waals surface area contributed by atoms with E-state index in [0.717, 1.165) is 24.0 Å². The van der Waals surface area contributed by atoms with Crippen LogP contribution in [0.25, 0.3) is 0 Å². The van der Waals surface area contributed by atoms with E-state index in [1.807, 2.05) is 19.1 Å². The van der Waals surface area contributed by atoms with Gasteiger partial charge in [0.2, 0.25) is 0 Å². The van der Waals surface area contributed by atoms with Gasteiger partial charge in [0.25, 0.3) is 0 Å². The van der Waals surface area contributed by atoms with Crippen LogP contribution in [0.4, 0.5) is 4.39 Å². The third-order valence-corrected chi connectivity index (χ3v) is 2.44. The lowest BCUT2D eigenvalue weighted by Crippen LogP contribution is -2.08. The van der Waals surface area contributed by atoms with Crippen LogP contribution in [0.15, 0.2) is 18.2 Å². The highest BCUT2D eigenvalue weighted by Gasteiger charge is 2.07. The molecule has 1 aromatic rings. The number of halogens is 1. The van der Waals surface area contributed by atoms with Crippen molar-refractivity contribution in [3.63, 3.8) is 0 Å². The zero-order valence-corrected chi connectivity index (χ0v) is 8.89. The Bertz CT molecular complexity index is 296. The smallest absolute Gasteiger partial charge is 0.126 e. The summed E-state index contributed by atoms with van der Waals surface area (Å²) in [6, 6.07) is 5.41. The summed E-state index contributed by atoms with van der Waals surface area (Å²) in [4.78, 5) is 0. The Balaban J connectivity index is 2.67. The van der Waals surface area contributed by atoms with Gasteiger partial charge in [-0.3, -0.25) is 0 Å². The first-order chi connectivity index (χ1) is 6.63. The Labute approximate surface area is 85.1 Å². The molecule has 0 radical (unpaired) electrons. The average molecular weight is 195 g/mol. The van der Waals surface area contributed by atoms with Crippen LogP contribution < -0.4 is 5.73 Å². The molecule has 2 heteroatoms. The van der Waals surface area contributed by atoms with Gasteiger partial charge in [-0.15, -0.1) is 0 Å². The highest BCUT2D eigenvalue weighted by atomic mass is 19.1. The number of nitrogens with two attached hydrogens (primary N) is 1. The lowest BCUT2D eigenvalue weighted by molar-refractivity contribution is 0.516. The average Bonchev–Trinajstić information content (AvgIpc) is 2.10. The van der Waals surface area contributed by atoms with E-state index in [9.17, 15) is 4.39 Å². The lowest BCUT2D eigenvalue weighted by Gasteiger charge is -2.10. The Morgan fingerprint density at radius 1 is 1.43 bits per heavy atom. The maximum absolute atomic E-state index is 13.4. The first-order valence-electron chi connectivity index (χ1n) is 5.08. The third kappa shape index (κ3) is 3.11. The summed E-state index contributed by atoms with van der Waals surface area (Å²) in [6.45, 7) is 4.68. The molecule has 1 atom stereocenters. The predicted octanol–water partition coefficient (Wildman–Crippen LogP) is 2.66. The molecule has 0 fully saturated rings. The molecule has 0 aliphatic heterocycles. The van der Waals surface area contributed by atoms with E-state index in [0.29, 0.717) is 12.5 Å². The van der Waals surface area contributed by atoms with Gasteiger partial charge in [0, 0.05) is 0 Å². The molecule has 0 bridgehead atoms. The van der Waals surface area contributed by atoms with Crippen LogP contribution in [0.1, 0.15) is 24.5 Å². The first kappa shape index (κ1) is 11.2. The van der Waals surface area contributed by atoms with E-state index in [4.69, 9.17) is 5.73 Å². The van der Waals surface area contributed by atoms with E-state index in [1.165, 1.54) is 0 Å². The molecule has 0 saturated heterocycles. The van der Waals surface area contributed by atoms with Crippen LogP contribution in [0.3, 0.4) is 0 Å². The van der Waals surface area contributed by atoms with Crippen molar-refractivity contribution in [3.05, 3.63) is 35.1 Å². The van der Waals surface area contributed by atoms with Crippen LogP contribution in [-0.2, 0) is 6.42 Å². The molecule has 0 saturated carbocycles. The second kappa shape index (κ2) is 5.11. The quantitative estimate of drug-likeness (QED) is 0.785. The van der Waals surface area contributed by atoms with E-state index in [-0.39, 0.29) is 5.82 Å². The summed E-state index contributed by atoms with van der Waals surface area (Å²) in [6.07, 6.45) is 1.73. The summed E-state index contributed by atoms with van der Waals surface area (Å²) in [7, 11) is 0. The molecule has 0 amide bonds. The minimum atomic E-state index is -0.0890. The van der Waals surface area contributed by atoms with Crippen molar-refractivity contribution >= 4 is 0 Å². The minimum absolute atomic E-state index is 0.0890. The maximum Gasteiger partial charge on any atom is 0.126 e. The SMILES string of the molecule is Cc1ccc(CC(C)CCN)c(F)c1. The van der Waals surface area contributed by atoms with Gasteiger partial charge in [-0.2, -0.15) is 0 Å². The van der Waals surface area contributed by atoms with Crippen molar-refractivity contribution in [1.29, 1.82) is 0 Å². The predicted molar refractivity (Wildman–Crippen MR) is 57.7 cm³/mol. The van der Waals surface area contributed by atoms with Gasteiger partial charge in [-0.25, -0.2) is 4.39 Å².